The van der Waals surface area contributed by atoms with Crippen LogP contribution in [0.4, 0.5) is 11.4 Å². The molecule has 0 aromatic heterocycles. The van der Waals surface area contributed by atoms with Crippen LogP contribution >= 0.6 is 22.6 Å². The minimum absolute atomic E-state index is 0.0867. The number of benzene rings is 1. The maximum atomic E-state index is 10.7. The number of anilines is 2. The molecule has 0 spiro atoms. The van der Waals surface area contributed by atoms with Crippen LogP contribution in [0, 0.1) is 3.57 Å². The SMILES string of the molecule is CC(=O)Nc1cc(N)cc(I)c1. The van der Waals surface area contributed by atoms with Gasteiger partial charge < -0.3 is 11.1 Å². The molecule has 0 saturated heterocycles. The monoisotopic (exact) mass is 276 g/mol. The molecule has 0 atom stereocenters. The highest BCUT2D eigenvalue weighted by molar-refractivity contribution is 14.1. The highest BCUT2D eigenvalue weighted by Crippen LogP contribution is 2.17. The average Bonchev–Trinajstić information content (AvgIpc) is 1.81. The zero-order chi connectivity index (χ0) is 9.14. The zero-order valence-corrected chi connectivity index (χ0v) is 8.75. The van der Waals surface area contributed by atoms with Crippen LogP contribution in [0.25, 0.3) is 0 Å². The molecule has 12 heavy (non-hydrogen) atoms. The lowest BCUT2D eigenvalue weighted by Gasteiger charge is -2.03. The fourth-order valence-corrected chi connectivity index (χ4v) is 1.58. The van der Waals surface area contributed by atoms with E-state index in [4.69, 9.17) is 5.73 Å². The molecule has 3 nitrogen and oxygen atoms in total. The van der Waals surface area contributed by atoms with Gasteiger partial charge in [0.05, 0.1) is 0 Å². The van der Waals surface area contributed by atoms with Crippen LogP contribution in [0.2, 0.25) is 0 Å². The van der Waals surface area contributed by atoms with E-state index in [1.165, 1.54) is 6.92 Å². The van der Waals surface area contributed by atoms with Gasteiger partial charge in [-0.2, -0.15) is 0 Å². The summed E-state index contributed by atoms with van der Waals surface area (Å²) in [7, 11) is 0. The lowest BCUT2D eigenvalue weighted by molar-refractivity contribution is -0.114. The van der Waals surface area contributed by atoms with Crippen LogP contribution in [0.1, 0.15) is 6.92 Å². The molecule has 1 rings (SSSR count). The Labute approximate surface area is 84.5 Å². The molecule has 0 bridgehead atoms. The second-order valence-corrected chi connectivity index (χ2v) is 3.70. The summed E-state index contributed by atoms with van der Waals surface area (Å²) in [6.07, 6.45) is 0. The largest absolute Gasteiger partial charge is 0.399 e. The summed E-state index contributed by atoms with van der Waals surface area (Å²) >= 11 is 2.15. The van der Waals surface area contributed by atoms with Crippen LogP contribution in [-0.4, -0.2) is 5.91 Å². The van der Waals surface area contributed by atoms with Gasteiger partial charge in [-0.05, 0) is 40.8 Å². The van der Waals surface area contributed by atoms with Crippen molar-refractivity contribution in [3.8, 4) is 0 Å². The molecule has 0 aliphatic heterocycles. The molecule has 0 heterocycles. The zero-order valence-electron chi connectivity index (χ0n) is 6.60. The number of hydrogen-bond donors (Lipinski definition) is 2. The maximum absolute atomic E-state index is 10.7. The average molecular weight is 276 g/mol. The first kappa shape index (κ1) is 9.31. The first-order valence-electron chi connectivity index (χ1n) is 3.41. The number of nitrogen functional groups attached to an aromatic ring is 1. The second kappa shape index (κ2) is 3.75. The summed E-state index contributed by atoms with van der Waals surface area (Å²) in [6, 6.07) is 5.42. The van der Waals surface area contributed by atoms with E-state index in [0.29, 0.717) is 5.69 Å². The van der Waals surface area contributed by atoms with E-state index >= 15 is 0 Å². The molecular weight excluding hydrogens is 267 g/mol. The lowest BCUT2D eigenvalue weighted by Crippen LogP contribution is -2.06. The normalized spacial score (nSPS) is 9.50. The Hall–Kier alpha value is -0.780. The summed E-state index contributed by atoms with van der Waals surface area (Å²) in [6.45, 7) is 1.47. The van der Waals surface area contributed by atoms with Crippen molar-refractivity contribution < 1.29 is 4.79 Å². The molecule has 0 radical (unpaired) electrons. The Morgan fingerprint density at radius 1 is 1.50 bits per heavy atom. The fourth-order valence-electron chi connectivity index (χ4n) is 0.888. The predicted molar refractivity (Wildman–Crippen MR) is 57.9 cm³/mol. The van der Waals surface area contributed by atoms with E-state index in [9.17, 15) is 4.79 Å². The van der Waals surface area contributed by atoms with Gasteiger partial charge >= 0.3 is 0 Å². The number of nitrogens with one attached hydrogen (secondary N) is 1. The smallest absolute Gasteiger partial charge is 0.221 e. The number of nitrogens with two attached hydrogens (primary N) is 1. The van der Waals surface area contributed by atoms with Gasteiger partial charge in [-0.3, -0.25) is 4.79 Å². The molecule has 4 heteroatoms. The Morgan fingerprint density at radius 2 is 2.17 bits per heavy atom. The van der Waals surface area contributed by atoms with Crippen molar-refractivity contribution in [1.82, 2.24) is 0 Å². The molecule has 1 amide bonds. The number of halogens is 1. The van der Waals surface area contributed by atoms with E-state index in [1.54, 1.807) is 6.07 Å². The van der Waals surface area contributed by atoms with Crippen molar-refractivity contribution in [3.63, 3.8) is 0 Å². The van der Waals surface area contributed by atoms with E-state index in [2.05, 4.69) is 27.9 Å². The summed E-state index contributed by atoms with van der Waals surface area (Å²) < 4.78 is 1.01. The van der Waals surface area contributed by atoms with Crippen molar-refractivity contribution >= 4 is 39.9 Å². The lowest BCUT2D eigenvalue weighted by atomic mass is 10.3. The maximum Gasteiger partial charge on any atom is 0.221 e. The standard InChI is InChI=1S/C8H9IN2O/c1-5(12)11-8-3-6(9)2-7(10)4-8/h2-4H,10H2,1H3,(H,11,12). The van der Waals surface area contributed by atoms with Crippen molar-refractivity contribution in [3.05, 3.63) is 21.8 Å². The molecule has 1 aromatic carbocycles. The minimum atomic E-state index is -0.0867. The molecule has 0 unspecified atom stereocenters. The summed E-state index contributed by atoms with van der Waals surface area (Å²) in [4.78, 5) is 10.7. The number of amides is 1. The molecular formula is C8H9IN2O. The van der Waals surface area contributed by atoms with Gasteiger partial charge in [0, 0.05) is 21.9 Å². The van der Waals surface area contributed by atoms with E-state index in [1.807, 2.05) is 12.1 Å². The number of carbonyl (C=O) groups excluding carboxylic acids is 1. The van der Waals surface area contributed by atoms with Crippen molar-refractivity contribution in [2.75, 3.05) is 11.1 Å². The molecule has 0 aliphatic rings. The fraction of sp³-hybridized carbons (Fsp3) is 0.125. The minimum Gasteiger partial charge on any atom is -0.399 e. The van der Waals surface area contributed by atoms with Gasteiger partial charge in [0.2, 0.25) is 5.91 Å². The molecule has 1 aromatic rings. The Kier molecular flexibility index (Phi) is 2.91. The molecule has 64 valence electrons. The highest BCUT2D eigenvalue weighted by atomic mass is 127. The molecule has 0 fully saturated rings. The number of rotatable bonds is 1. The summed E-state index contributed by atoms with van der Waals surface area (Å²) in [5, 5.41) is 2.66. The van der Waals surface area contributed by atoms with Gasteiger partial charge in [-0.25, -0.2) is 0 Å². The first-order valence-corrected chi connectivity index (χ1v) is 4.49. The van der Waals surface area contributed by atoms with Gasteiger partial charge in [0.15, 0.2) is 0 Å². The second-order valence-electron chi connectivity index (χ2n) is 2.45. The summed E-state index contributed by atoms with van der Waals surface area (Å²) in [5.74, 6) is -0.0867. The Morgan fingerprint density at radius 3 is 2.67 bits per heavy atom. The van der Waals surface area contributed by atoms with E-state index in [0.717, 1.165) is 9.26 Å². The van der Waals surface area contributed by atoms with Crippen LogP contribution in [0.15, 0.2) is 18.2 Å². The van der Waals surface area contributed by atoms with Crippen molar-refractivity contribution in [2.45, 2.75) is 6.92 Å². The van der Waals surface area contributed by atoms with Gasteiger partial charge in [0.25, 0.3) is 0 Å². The quantitative estimate of drug-likeness (QED) is 0.607. The van der Waals surface area contributed by atoms with Crippen LogP contribution < -0.4 is 11.1 Å². The van der Waals surface area contributed by atoms with Crippen molar-refractivity contribution in [1.29, 1.82) is 0 Å². The van der Waals surface area contributed by atoms with E-state index in [-0.39, 0.29) is 5.91 Å². The third-order valence-electron chi connectivity index (χ3n) is 1.24. The van der Waals surface area contributed by atoms with Gasteiger partial charge in [-0.15, -0.1) is 0 Å². The highest BCUT2D eigenvalue weighted by Gasteiger charge is 1.97. The van der Waals surface area contributed by atoms with E-state index < -0.39 is 0 Å². The first-order chi connectivity index (χ1) is 5.58. The van der Waals surface area contributed by atoms with Crippen LogP contribution in [0.3, 0.4) is 0 Å². The Balaban J connectivity index is 2.93. The molecule has 0 aliphatic carbocycles. The predicted octanol–water partition coefficient (Wildman–Crippen LogP) is 1.83. The number of carbonyl (C=O) groups is 1. The van der Waals surface area contributed by atoms with Crippen LogP contribution in [-0.2, 0) is 4.79 Å². The number of hydrogen-bond acceptors (Lipinski definition) is 2. The van der Waals surface area contributed by atoms with Crippen LogP contribution in [0.5, 0.6) is 0 Å². The third-order valence-corrected chi connectivity index (χ3v) is 1.86. The Bertz CT molecular complexity index is 292. The molecule has 3 N–H and O–H groups in total. The topological polar surface area (TPSA) is 55.1 Å². The van der Waals surface area contributed by atoms with Gasteiger partial charge in [-0.1, -0.05) is 0 Å². The van der Waals surface area contributed by atoms with Crippen molar-refractivity contribution in [2.24, 2.45) is 0 Å². The van der Waals surface area contributed by atoms with Gasteiger partial charge in [0.1, 0.15) is 0 Å². The third kappa shape index (κ3) is 2.69. The summed E-state index contributed by atoms with van der Waals surface area (Å²) in [5.41, 5.74) is 6.98. The molecule has 0 saturated carbocycles.